The molecule has 0 unspecified atom stereocenters. The fourth-order valence-electron chi connectivity index (χ4n) is 5.39. The Hall–Kier alpha value is -3.05. The zero-order valence-corrected chi connectivity index (χ0v) is 21.2. The van der Waals surface area contributed by atoms with Crippen molar-refractivity contribution < 1.29 is 19.1 Å². The van der Waals surface area contributed by atoms with E-state index >= 15 is 0 Å². The SMILES string of the molecule is CC(C)(C)OC(=O)OC(=O)C1=Cc2ccc(Cl)cc2-c2c(C3CCCCC3)c3ccccc3n2C1. The number of nitrogens with zero attached hydrogens (tertiary/aromatic N) is 1. The third-order valence-corrected chi connectivity index (χ3v) is 7.01. The third kappa shape index (κ3) is 4.74. The zero-order valence-electron chi connectivity index (χ0n) is 20.4. The van der Waals surface area contributed by atoms with E-state index in [0.717, 1.165) is 35.2 Å². The van der Waals surface area contributed by atoms with Crippen LogP contribution in [-0.4, -0.2) is 22.3 Å². The van der Waals surface area contributed by atoms with Crippen LogP contribution >= 0.6 is 11.6 Å². The van der Waals surface area contributed by atoms with Gasteiger partial charge in [-0.3, -0.25) is 0 Å². The Balaban J connectivity index is 1.66. The Bertz CT molecular complexity index is 1340. The minimum Gasteiger partial charge on any atom is -0.428 e. The predicted molar refractivity (Wildman–Crippen MR) is 139 cm³/mol. The molecule has 35 heavy (non-hydrogen) atoms. The molecule has 0 atom stereocenters. The Morgan fingerprint density at radius 2 is 1.77 bits per heavy atom. The quantitative estimate of drug-likeness (QED) is 0.270. The molecule has 2 aliphatic rings. The normalized spacial score (nSPS) is 16.2. The van der Waals surface area contributed by atoms with E-state index < -0.39 is 17.7 Å². The number of para-hydroxylation sites is 1. The van der Waals surface area contributed by atoms with E-state index in [-0.39, 0.29) is 6.54 Å². The first-order valence-corrected chi connectivity index (χ1v) is 12.7. The van der Waals surface area contributed by atoms with Crippen molar-refractivity contribution in [2.24, 2.45) is 0 Å². The van der Waals surface area contributed by atoms with E-state index in [9.17, 15) is 9.59 Å². The molecule has 1 aliphatic heterocycles. The Morgan fingerprint density at radius 1 is 1.03 bits per heavy atom. The highest BCUT2D eigenvalue weighted by Gasteiger charge is 2.31. The highest BCUT2D eigenvalue weighted by molar-refractivity contribution is 6.31. The van der Waals surface area contributed by atoms with Crippen molar-refractivity contribution in [1.29, 1.82) is 0 Å². The van der Waals surface area contributed by atoms with E-state index in [1.54, 1.807) is 20.8 Å². The molecular weight excluding hydrogens is 462 g/mol. The van der Waals surface area contributed by atoms with E-state index in [1.807, 2.05) is 30.3 Å². The third-order valence-electron chi connectivity index (χ3n) is 6.78. The van der Waals surface area contributed by atoms with Gasteiger partial charge in [0.15, 0.2) is 0 Å². The van der Waals surface area contributed by atoms with Gasteiger partial charge < -0.3 is 14.0 Å². The summed E-state index contributed by atoms with van der Waals surface area (Å²) in [6.07, 6.45) is 6.83. The molecule has 0 saturated heterocycles. The molecule has 2 aromatic carbocycles. The van der Waals surface area contributed by atoms with Crippen LogP contribution in [-0.2, 0) is 20.8 Å². The number of ether oxygens (including phenoxy) is 2. The first-order chi connectivity index (χ1) is 16.7. The number of carbonyl (C=O) groups is 2. The van der Waals surface area contributed by atoms with Gasteiger partial charge in [0.05, 0.1) is 17.8 Å². The van der Waals surface area contributed by atoms with Gasteiger partial charge in [-0.15, -0.1) is 0 Å². The topological polar surface area (TPSA) is 57.5 Å². The maximum Gasteiger partial charge on any atom is 0.516 e. The van der Waals surface area contributed by atoms with Gasteiger partial charge in [-0.1, -0.05) is 55.1 Å². The number of benzene rings is 2. The second-order valence-electron chi connectivity index (χ2n) is 10.5. The molecule has 5 nitrogen and oxygen atoms in total. The van der Waals surface area contributed by atoms with Gasteiger partial charge in [0, 0.05) is 21.5 Å². The van der Waals surface area contributed by atoms with Crippen molar-refractivity contribution in [3.05, 3.63) is 64.2 Å². The van der Waals surface area contributed by atoms with Crippen LogP contribution < -0.4 is 0 Å². The maximum absolute atomic E-state index is 13.1. The van der Waals surface area contributed by atoms with Crippen LogP contribution in [0.4, 0.5) is 4.79 Å². The molecular formula is C29H30ClNO4. The first kappa shape index (κ1) is 23.7. The van der Waals surface area contributed by atoms with Crippen LogP contribution in [0.3, 0.4) is 0 Å². The fraction of sp³-hybridized carbons (Fsp3) is 0.379. The second-order valence-corrected chi connectivity index (χ2v) is 10.9. The largest absolute Gasteiger partial charge is 0.516 e. The van der Waals surface area contributed by atoms with E-state index in [2.05, 4.69) is 22.8 Å². The van der Waals surface area contributed by atoms with E-state index in [1.165, 1.54) is 30.2 Å². The van der Waals surface area contributed by atoms with Gasteiger partial charge in [0.25, 0.3) is 0 Å². The number of hydrogen-bond acceptors (Lipinski definition) is 4. The highest BCUT2D eigenvalue weighted by atomic mass is 35.5. The fourth-order valence-corrected chi connectivity index (χ4v) is 5.56. The van der Waals surface area contributed by atoms with Gasteiger partial charge in [0.1, 0.15) is 5.60 Å². The van der Waals surface area contributed by atoms with Crippen molar-refractivity contribution in [2.45, 2.75) is 70.9 Å². The van der Waals surface area contributed by atoms with Crippen molar-refractivity contribution in [2.75, 3.05) is 0 Å². The van der Waals surface area contributed by atoms with Crippen molar-refractivity contribution in [3.8, 4) is 11.3 Å². The molecule has 2 heterocycles. The van der Waals surface area contributed by atoms with Gasteiger partial charge in [-0.25, -0.2) is 9.59 Å². The summed E-state index contributed by atoms with van der Waals surface area (Å²) in [7, 11) is 0. The minimum atomic E-state index is -0.996. The molecule has 182 valence electrons. The standard InChI is InChI=1S/C29H30ClNO4/c1-29(2,3)35-28(33)34-27(32)20-15-19-13-14-21(30)16-23(19)26-25(18-9-5-4-6-10-18)22-11-7-8-12-24(22)31(26)17-20/h7-8,11-16,18H,4-6,9-10,17H2,1-3H3. The summed E-state index contributed by atoms with van der Waals surface area (Å²) in [6.45, 7) is 5.48. The van der Waals surface area contributed by atoms with Gasteiger partial charge in [-0.2, -0.15) is 0 Å². The number of halogens is 1. The average Bonchev–Trinajstić information content (AvgIpc) is 3.03. The molecule has 6 heteroatoms. The predicted octanol–water partition coefficient (Wildman–Crippen LogP) is 7.88. The molecule has 0 N–H and O–H groups in total. The highest BCUT2D eigenvalue weighted by Crippen LogP contribution is 2.46. The Morgan fingerprint density at radius 3 is 2.51 bits per heavy atom. The van der Waals surface area contributed by atoms with Gasteiger partial charge in [0.2, 0.25) is 0 Å². The molecule has 0 amide bonds. The lowest BCUT2D eigenvalue weighted by molar-refractivity contribution is -0.137. The minimum absolute atomic E-state index is 0.288. The zero-order chi connectivity index (χ0) is 24.7. The van der Waals surface area contributed by atoms with Crippen molar-refractivity contribution in [1.82, 2.24) is 4.57 Å². The Kier molecular flexibility index (Phi) is 6.22. The lowest BCUT2D eigenvalue weighted by Gasteiger charge is -2.24. The number of fused-ring (bicyclic) bond motifs is 5. The van der Waals surface area contributed by atoms with Crippen LogP contribution in [0.2, 0.25) is 5.02 Å². The number of carbonyl (C=O) groups excluding carboxylic acids is 2. The molecule has 1 aliphatic carbocycles. The van der Waals surface area contributed by atoms with Crippen molar-refractivity contribution in [3.63, 3.8) is 0 Å². The monoisotopic (exact) mass is 491 g/mol. The van der Waals surface area contributed by atoms with Gasteiger partial charge >= 0.3 is 12.1 Å². The first-order valence-electron chi connectivity index (χ1n) is 12.3. The molecule has 0 bridgehead atoms. The molecule has 3 aromatic rings. The summed E-state index contributed by atoms with van der Waals surface area (Å²) in [5.41, 5.74) is 5.00. The molecule has 1 aromatic heterocycles. The molecule has 5 rings (SSSR count). The Labute approximate surface area is 210 Å². The molecule has 0 radical (unpaired) electrons. The number of esters is 1. The van der Waals surface area contributed by atoms with Crippen LogP contribution in [0.5, 0.6) is 0 Å². The molecule has 1 saturated carbocycles. The summed E-state index contributed by atoms with van der Waals surface area (Å²) in [4.78, 5) is 25.4. The molecule has 1 fully saturated rings. The van der Waals surface area contributed by atoms with Crippen LogP contribution in [0.15, 0.2) is 48.0 Å². The summed E-state index contributed by atoms with van der Waals surface area (Å²) in [5, 5.41) is 1.85. The lowest BCUT2D eigenvalue weighted by atomic mass is 9.81. The smallest absolute Gasteiger partial charge is 0.428 e. The van der Waals surface area contributed by atoms with Gasteiger partial charge in [-0.05, 0) is 74.9 Å². The summed E-state index contributed by atoms with van der Waals surface area (Å²) in [5.74, 6) is -0.253. The lowest BCUT2D eigenvalue weighted by Crippen LogP contribution is -2.27. The van der Waals surface area contributed by atoms with Crippen LogP contribution in [0.25, 0.3) is 28.2 Å². The van der Waals surface area contributed by atoms with Crippen LogP contribution in [0.1, 0.15) is 69.9 Å². The average molecular weight is 492 g/mol. The molecule has 0 spiro atoms. The summed E-state index contributed by atoms with van der Waals surface area (Å²) >= 11 is 6.48. The van der Waals surface area contributed by atoms with Crippen molar-refractivity contribution >= 4 is 40.7 Å². The maximum atomic E-state index is 13.1. The second kappa shape index (κ2) is 9.19. The number of rotatable bonds is 2. The summed E-state index contributed by atoms with van der Waals surface area (Å²) < 4.78 is 12.5. The number of hydrogen-bond donors (Lipinski definition) is 0. The number of aromatic nitrogens is 1. The summed E-state index contributed by atoms with van der Waals surface area (Å²) in [6, 6.07) is 14.1. The van der Waals surface area contributed by atoms with E-state index in [4.69, 9.17) is 21.1 Å². The van der Waals surface area contributed by atoms with E-state index in [0.29, 0.717) is 16.5 Å². The van der Waals surface area contributed by atoms with Crippen LogP contribution in [0, 0.1) is 0 Å².